The molecule has 122 valence electrons. The zero-order valence-electron chi connectivity index (χ0n) is 13.2. The third-order valence-corrected chi connectivity index (χ3v) is 4.20. The van der Waals surface area contributed by atoms with Crippen LogP contribution in [0.5, 0.6) is 0 Å². The summed E-state index contributed by atoms with van der Waals surface area (Å²) in [6.45, 7) is 2.55. The summed E-state index contributed by atoms with van der Waals surface area (Å²) < 4.78 is 5.17. The Labute approximate surface area is 144 Å². The van der Waals surface area contributed by atoms with Crippen molar-refractivity contribution in [1.29, 1.82) is 0 Å². The zero-order valence-corrected chi connectivity index (χ0v) is 14.0. The van der Waals surface area contributed by atoms with Crippen molar-refractivity contribution in [1.82, 2.24) is 15.5 Å². The van der Waals surface area contributed by atoms with Gasteiger partial charge in [-0.3, -0.25) is 4.79 Å². The minimum Gasteiger partial charge on any atom is -0.351 e. The van der Waals surface area contributed by atoms with E-state index >= 15 is 0 Å². The van der Waals surface area contributed by atoms with Crippen LogP contribution in [0.15, 0.2) is 64.3 Å². The largest absolute Gasteiger partial charge is 0.351 e. The van der Waals surface area contributed by atoms with E-state index in [2.05, 4.69) is 15.5 Å². The molecule has 0 spiro atoms. The summed E-state index contributed by atoms with van der Waals surface area (Å²) in [5.74, 6) is 0.695. The maximum atomic E-state index is 11.9. The predicted molar refractivity (Wildman–Crippen MR) is 93.5 cm³/mol. The number of benzene rings is 2. The highest BCUT2D eigenvalue weighted by molar-refractivity contribution is 7.99. The van der Waals surface area contributed by atoms with Gasteiger partial charge in [-0.25, -0.2) is 0 Å². The molecule has 0 radical (unpaired) electrons. The maximum absolute atomic E-state index is 11.9. The molecule has 0 saturated heterocycles. The van der Waals surface area contributed by atoms with Crippen LogP contribution in [-0.2, 0) is 11.3 Å². The van der Waals surface area contributed by atoms with Gasteiger partial charge in [-0.1, -0.05) is 77.1 Å². The molecule has 1 heterocycles. The second kappa shape index (κ2) is 7.79. The van der Waals surface area contributed by atoms with E-state index < -0.39 is 0 Å². The first-order chi connectivity index (χ1) is 11.7. The Kier molecular flexibility index (Phi) is 5.28. The maximum Gasteiger partial charge on any atom is 0.286 e. The number of aromatic nitrogens is 2. The van der Waals surface area contributed by atoms with Crippen molar-refractivity contribution < 1.29 is 9.32 Å². The van der Waals surface area contributed by atoms with E-state index in [0.717, 1.165) is 11.1 Å². The summed E-state index contributed by atoms with van der Waals surface area (Å²) in [5, 5.41) is 7.19. The second-order valence-corrected chi connectivity index (χ2v) is 6.23. The fourth-order valence-electron chi connectivity index (χ4n) is 2.06. The van der Waals surface area contributed by atoms with Gasteiger partial charge in [0.05, 0.1) is 5.75 Å². The molecule has 0 saturated carbocycles. The SMILES string of the molecule is Cc1ccc(CNC(=O)CSc2nc(-c3ccccc3)no2)cc1. The topological polar surface area (TPSA) is 68.0 Å². The van der Waals surface area contributed by atoms with Crippen molar-refractivity contribution >= 4 is 17.7 Å². The van der Waals surface area contributed by atoms with Crippen LogP contribution in [0.4, 0.5) is 0 Å². The van der Waals surface area contributed by atoms with Crippen molar-refractivity contribution in [3.63, 3.8) is 0 Å². The summed E-state index contributed by atoms with van der Waals surface area (Å²) in [7, 11) is 0. The van der Waals surface area contributed by atoms with E-state index in [9.17, 15) is 4.79 Å². The summed E-state index contributed by atoms with van der Waals surface area (Å²) in [5.41, 5.74) is 3.16. The van der Waals surface area contributed by atoms with E-state index in [0.29, 0.717) is 17.6 Å². The van der Waals surface area contributed by atoms with Crippen LogP contribution in [0.3, 0.4) is 0 Å². The Morgan fingerprint density at radius 3 is 2.62 bits per heavy atom. The fourth-order valence-corrected chi connectivity index (χ4v) is 2.66. The number of carbonyl (C=O) groups is 1. The molecule has 3 aromatic rings. The highest BCUT2D eigenvalue weighted by atomic mass is 32.2. The number of carbonyl (C=O) groups excluding carboxylic acids is 1. The molecule has 24 heavy (non-hydrogen) atoms. The molecule has 0 unspecified atom stereocenters. The van der Waals surface area contributed by atoms with Gasteiger partial charge in [0.15, 0.2) is 0 Å². The van der Waals surface area contributed by atoms with Gasteiger partial charge in [-0.05, 0) is 12.5 Å². The molecule has 3 rings (SSSR count). The van der Waals surface area contributed by atoms with Gasteiger partial charge in [0.2, 0.25) is 11.7 Å². The van der Waals surface area contributed by atoms with Crippen molar-refractivity contribution in [2.24, 2.45) is 0 Å². The normalized spacial score (nSPS) is 10.5. The molecular formula is C18H17N3O2S. The summed E-state index contributed by atoms with van der Waals surface area (Å²) >= 11 is 1.23. The number of hydrogen-bond donors (Lipinski definition) is 1. The van der Waals surface area contributed by atoms with E-state index in [1.54, 1.807) is 0 Å². The number of aryl methyl sites for hydroxylation is 1. The van der Waals surface area contributed by atoms with Gasteiger partial charge in [0, 0.05) is 12.1 Å². The Bertz CT molecular complexity index is 801. The monoisotopic (exact) mass is 339 g/mol. The van der Waals surface area contributed by atoms with E-state index in [1.807, 2.05) is 61.5 Å². The third kappa shape index (κ3) is 4.45. The Morgan fingerprint density at radius 2 is 1.88 bits per heavy atom. The molecule has 0 aliphatic heterocycles. The second-order valence-electron chi connectivity index (χ2n) is 5.30. The first-order valence-corrected chi connectivity index (χ1v) is 8.53. The lowest BCUT2D eigenvalue weighted by Gasteiger charge is -2.04. The average molecular weight is 339 g/mol. The molecule has 2 aromatic carbocycles. The number of amides is 1. The minimum absolute atomic E-state index is 0.0694. The molecule has 0 atom stereocenters. The number of nitrogens with one attached hydrogen (secondary N) is 1. The first kappa shape index (κ1) is 16.3. The summed E-state index contributed by atoms with van der Waals surface area (Å²) in [6.07, 6.45) is 0. The predicted octanol–water partition coefficient (Wildman–Crippen LogP) is 3.45. The van der Waals surface area contributed by atoms with Crippen molar-refractivity contribution in [2.45, 2.75) is 18.7 Å². The molecule has 5 nitrogen and oxygen atoms in total. The average Bonchev–Trinajstić information content (AvgIpc) is 3.09. The fraction of sp³-hybridized carbons (Fsp3) is 0.167. The van der Waals surface area contributed by atoms with Crippen molar-refractivity contribution in [2.75, 3.05) is 5.75 Å². The summed E-state index contributed by atoms with van der Waals surface area (Å²) in [4.78, 5) is 16.2. The molecule has 0 aliphatic carbocycles. The van der Waals surface area contributed by atoms with Crippen LogP contribution in [0.1, 0.15) is 11.1 Å². The third-order valence-electron chi connectivity index (χ3n) is 3.38. The Balaban J connectivity index is 1.48. The Hall–Kier alpha value is -2.60. The van der Waals surface area contributed by atoms with Gasteiger partial charge >= 0.3 is 0 Å². The molecule has 0 fully saturated rings. The van der Waals surface area contributed by atoms with Crippen molar-refractivity contribution in [3.05, 3.63) is 65.7 Å². The quantitative estimate of drug-likeness (QED) is 0.697. The van der Waals surface area contributed by atoms with Crippen LogP contribution < -0.4 is 5.32 Å². The van der Waals surface area contributed by atoms with Gasteiger partial charge < -0.3 is 9.84 Å². The molecule has 1 amide bonds. The zero-order chi connectivity index (χ0) is 16.8. The van der Waals surface area contributed by atoms with Crippen molar-refractivity contribution in [3.8, 4) is 11.4 Å². The lowest BCUT2D eigenvalue weighted by molar-refractivity contribution is -0.118. The molecule has 1 N–H and O–H groups in total. The van der Waals surface area contributed by atoms with Crippen LogP contribution >= 0.6 is 11.8 Å². The van der Waals surface area contributed by atoms with Gasteiger partial charge in [0.25, 0.3) is 5.22 Å². The van der Waals surface area contributed by atoms with Gasteiger partial charge in [-0.15, -0.1) is 0 Å². The molecular weight excluding hydrogens is 322 g/mol. The first-order valence-electron chi connectivity index (χ1n) is 7.55. The highest BCUT2D eigenvalue weighted by Gasteiger charge is 2.11. The van der Waals surface area contributed by atoms with Gasteiger partial charge in [0.1, 0.15) is 0 Å². The lowest BCUT2D eigenvalue weighted by atomic mass is 10.1. The van der Waals surface area contributed by atoms with E-state index in [4.69, 9.17) is 4.52 Å². The van der Waals surface area contributed by atoms with E-state index in [-0.39, 0.29) is 11.7 Å². The number of nitrogens with zero attached hydrogens (tertiary/aromatic N) is 2. The molecule has 1 aromatic heterocycles. The Morgan fingerprint density at radius 1 is 1.12 bits per heavy atom. The number of rotatable bonds is 6. The summed E-state index contributed by atoms with van der Waals surface area (Å²) in [6, 6.07) is 17.6. The minimum atomic E-state index is -0.0694. The smallest absolute Gasteiger partial charge is 0.286 e. The standard InChI is InChI=1S/C18H17N3O2S/c1-13-7-9-14(10-8-13)11-19-16(22)12-24-18-20-17(21-23-18)15-5-3-2-4-6-15/h2-10H,11-12H2,1H3,(H,19,22). The number of thioether (sulfide) groups is 1. The van der Waals surface area contributed by atoms with Crippen LogP contribution in [0, 0.1) is 6.92 Å². The van der Waals surface area contributed by atoms with E-state index in [1.165, 1.54) is 17.3 Å². The van der Waals surface area contributed by atoms with Gasteiger partial charge in [-0.2, -0.15) is 4.98 Å². The number of hydrogen-bond acceptors (Lipinski definition) is 5. The molecule has 0 bridgehead atoms. The molecule has 6 heteroatoms. The molecule has 0 aliphatic rings. The van der Waals surface area contributed by atoms with Crippen LogP contribution in [0.2, 0.25) is 0 Å². The van der Waals surface area contributed by atoms with Crippen LogP contribution in [0.25, 0.3) is 11.4 Å². The lowest BCUT2D eigenvalue weighted by Crippen LogP contribution is -2.24. The van der Waals surface area contributed by atoms with Crippen LogP contribution in [-0.4, -0.2) is 21.8 Å². The highest BCUT2D eigenvalue weighted by Crippen LogP contribution is 2.20.